The molecule has 0 saturated heterocycles. The predicted octanol–water partition coefficient (Wildman–Crippen LogP) is 0.385. The third-order valence-electron chi connectivity index (χ3n) is 0.768. The maximum atomic E-state index is 10.6. The summed E-state index contributed by atoms with van der Waals surface area (Å²) in [7, 11) is 3.21. The average molecular weight is 128 g/mol. The Morgan fingerprint density at radius 1 is 1.78 bits per heavy atom. The molecular weight excluding hydrogens is 120 g/mol. The fraction of sp³-hybridized carbons (Fsp3) is 0.750. The number of hydrogen-bond donors (Lipinski definition) is 0. The van der Waals surface area contributed by atoms with Gasteiger partial charge >= 0.3 is 0 Å². The first-order chi connectivity index (χ1) is 4.18. The predicted molar refractivity (Wildman–Crippen MR) is 32.7 cm³/mol. The van der Waals surface area contributed by atoms with Crippen molar-refractivity contribution in [1.29, 1.82) is 0 Å². The van der Waals surface area contributed by atoms with Gasteiger partial charge in [-0.25, -0.2) is 0 Å². The first kappa shape index (κ1) is 7.78. The highest BCUT2D eigenvalue weighted by molar-refractivity contribution is 5.77. The highest BCUT2D eigenvalue weighted by Gasteiger charge is 1.98. The number of carbonyl (C=O) groups is 1. The van der Waals surface area contributed by atoms with Crippen LogP contribution in [0.1, 0.15) is 0 Å². The van der Waals surface area contributed by atoms with Crippen LogP contribution in [0.15, 0.2) is 5.11 Å². The number of azide groups is 1. The van der Waals surface area contributed by atoms with E-state index in [9.17, 15) is 4.79 Å². The molecule has 0 aromatic carbocycles. The van der Waals surface area contributed by atoms with Crippen molar-refractivity contribution in [2.75, 3.05) is 20.6 Å². The van der Waals surface area contributed by atoms with Gasteiger partial charge in [0.1, 0.15) is 6.54 Å². The second-order valence-electron chi connectivity index (χ2n) is 1.68. The molecule has 50 valence electrons. The van der Waals surface area contributed by atoms with E-state index >= 15 is 0 Å². The van der Waals surface area contributed by atoms with Gasteiger partial charge in [0.2, 0.25) is 5.91 Å². The summed E-state index contributed by atoms with van der Waals surface area (Å²) in [4.78, 5) is 14.4. The maximum Gasteiger partial charge on any atom is 0.227 e. The number of rotatable bonds is 2. The molecule has 1 amide bonds. The Hall–Kier alpha value is -1.22. The Morgan fingerprint density at radius 3 is 2.67 bits per heavy atom. The number of likely N-dealkylation sites (N-methyl/N-ethyl adjacent to an activating group) is 1. The Bertz CT molecular complexity index is 147. The maximum absolute atomic E-state index is 10.6. The fourth-order valence-electron chi connectivity index (χ4n) is 0.234. The van der Waals surface area contributed by atoms with Crippen molar-refractivity contribution in [3.8, 4) is 0 Å². The molecule has 0 rings (SSSR count). The minimum absolute atomic E-state index is 0.0938. The SMILES string of the molecule is CN(C)C(=O)CN=[N+]=[N-]. The zero-order chi connectivity index (χ0) is 7.28. The smallest absolute Gasteiger partial charge is 0.227 e. The van der Waals surface area contributed by atoms with Crippen LogP contribution in [-0.2, 0) is 4.79 Å². The van der Waals surface area contributed by atoms with Crippen molar-refractivity contribution < 1.29 is 4.79 Å². The summed E-state index contributed by atoms with van der Waals surface area (Å²) in [5.74, 6) is -0.187. The molecule has 0 heterocycles. The van der Waals surface area contributed by atoms with E-state index in [-0.39, 0.29) is 12.5 Å². The summed E-state index contributed by atoms with van der Waals surface area (Å²) < 4.78 is 0. The largest absolute Gasteiger partial charge is 0.349 e. The lowest BCUT2D eigenvalue weighted by molar-refractivity contribution is -0.127. The van der Waals surface area contributed by atoms with E-state index in [1.807, 2.05) is 0 Å². The zero-order valence-electron chi connectivity index (χ0n) is 5.40. The molecule has 5 heteroatoms. The Kier molecular flexibility index (Phi) is 3.23. The fourth-order valence-corrected chi connectivity index (χ4v) is 0.234. The van der Waals surface area contributed by atoms with Gasteiger partial charge in [0, 0.05) is 19.0 Å². The molecule has 0 aliphatic carbocycles. The highest BCUT2D eigenvalue weighted by atomic mass is 16.2. The molecule has 0 bridgehead atoms. The van der Waals surface area contributed by atoms with Crippen LogP contribution in [0.25, 0.3) is 10.4 Å². The van der Waals surface area contributed by atoms with Gasteiger partial charge < -0.3 is 4.90 Å². The second kappa shape index (κ2) is 3.74. The topological polar surface area (TPSA) is 69.1 Å². The molecule has 0 unspecified atom stereocenters. The summed E-state index contributed by atoms with van der Waals surface area (Å²) in [6.45, 7) is -0.0938. The van der Waals surface area contributed by atoms with Crippen LogP contribution in [0.2, 0.25) is 0 Å². The number of amides is 1. The minimum Gasteiger partial charge on any atom is -0.349 e. The Labute approximate surface area is 52.9 Å². The third kappa shape index (κ3) is 3.37. The zero-order valence-corrected chi connectivity index (χ0v) is 5.40. The average Bonchev–Trinajstić information content (AvgIpc) is 1.82. The van der Waals surface area contributed by atoms with Crippen molar-refractivity contribution in [1.82, 2.24) is 4.90 Å². The van der Waals surface area contributed by atoms with Gasteiger partial charge in [-0.15, -0.1) is 0 Å². The Balaban J connectivity index is 3.64. The molecule has 5 nitrogen and oxygen atoms in total. The molecular formula is C4H8N4O. The molecule has 0 aliphatic rings. The van der Waals surface area contributed by atoms with Gasteiger partial charge in [0.25, 0.3) is 0 Å². The van der Waals surface area contributed by atoms with Crippen molar-refractivity contribution in [2.45, 2.75) is 0 Å². The van der Waals surface area contributed by atoms with Crippen LogP contribution in [0.3, 0.4) is 0 Å². The quantitative estimate of drug-likeness (QED) is 0.301. The molecule has 0 aromatic heterocycles. The summed E-state index contributed by atoms with van der Waals surface area (Å²) in [6.07, 6.45) is 0. The van der Waals surface area contributed by atoms with E-state index in [4.69, 9.17) is 5.53 Å². The van der Waals surface area contributed by atoms with E-state index in [0.29, 0.717) is 0 Å². The molecule has 0 fully saturated rings. The van der Waals surface area contributed by atoms with Gasteiger partial charge in [0.15, 0.2) is 0 Å². The lowest BCUT2D eigenvalue weighted by atomic mass is 10.6. The Morgan fingerprint density at radius 2 is 2.33 bits per heavy atom. The third-order valence-corrected chi connectivity index (χ3v) is 0.768. The molecule has 0 spiro atoms. The number of nitrogens with zero attached hydrogens (tertiary/aromatic N) is 4. The van der Waals surface area contributed by atoms with Gasteiger partial charge in [-0.3, -0.25) is 4.79 Å². The van der Waals surface area contributed by atoms with Crippen molar-refractivity contribution in [3.05, 3.63) is 10.4 Å². The molecule has 9 heavy (non-hydrogen) atoms. The van der Waals surface area contributed by atoms with Gasteiger partial charge in [-0.2, -0.15) is 0 Å². The summed E-state index contributed by atoms with van der Waals surface area (Å²) in [6, 6.07) is 0. The van der Waals surface area contributed by atoms with Gasteiger partial charge in [-0.05, 0) is 5.53 Å². The molecule has 0 aromatic rings. The first-order valence-electron chi connectivity index (χ1n) is 2.39. The normalized spacial score (nSPS) is 7.78. The lowest BCUT2D eigenvalue weighted by Crippen LogP contribution is -2.23. The van der Waals surface area contributed by atoms with Gasteiger partial charge in [0.05, 0.1) is 0 Å². The van der Waals surface area contributed by atoms with Crippen molar-refractivity contribution in [3.63, 3.8) is 0 Å². The van der Waals surface area contributed by atoms with E-state index in [2.05, 4.69) is 10.0 Å². The van der Waals surface area contributed by atoms with Crippen molar-refractivity contribution >= 4 is 5.91 Å². The molecule has 0 atom stereocenters. The van der Waals surface area contributed by atoms with Crippen LogP contribution < -0.4 is 0 Å². The minimum atomic E-state index is -0.187. The first-order valence-corrected chi connectivity index (χ1v) is 2.39. The molecule has 0 aliphatic heterocycles. The van der Waals surface area contributed by atoms with Crippen LogP contribution in [0.5, 0.6) is 0 Å². The summed E-state index contributed by atoms with van der Waals surface area (Å²) in [5, 5.41) is 3.08. The van der Waals surface area contributed by atoms with E-state index in [0.717, 1.165) is 0 Å². The number of carbonyl (C=O) groups excluding carboxylic acids is 1. The van der Waals surface area contributed by atoms with Crippen molar-refractivity contribution in [2.24, 2.45) is 5.11 Å². The highest BCUT2D eigenvalue weighted by Crippen LogP contribution is 1.79. The monoisotopic (exact) mass is 128 g/mol. The molecule has 0 N–H and O–H groups in total. The van der Waals surface area contributed by atoms with Crippen LogP contribution in [0.4, 0.5) is 0 Å². The van der Waals surface area contributed by atoms with Crippen LogP contribution in [0, 0.1) is 0 Å². The van der Waals surface area contributed by atoms with E-state index in [1.165, 1.54) is 4.90 Å². The van der Waals surface area contributed by atoms with E-state index < -0.39 is 0 Å². The summed E-state index contributed by atoms with van der Waals surface area (Å²) in [5.41, 5.74) is 7.78. The number of hydrogen-bond acceptors (Lipinski definition) is 2. The van der Waals surface area contributed by atoms with Crippen LogP contribution >= 0.6 is 0 Å². The van der Waals surface area contributed by atoms with Gasteiger partial charge in [-0.1, -0.05) is 5.11 Å². The molecule has 0 saturated carbocycles. The second-order valence-corrected chi connectivity index (χ2v) is 1.68. The lowest BCUT2D eigenvalue weighted by Gasteiger charge is -2.05. The molecule has 0 radical (unpaired) electrons. The summed E-state index contributed by atoms with van der Waals surface area (Å²) >= 11 is 0. The standard InChI is InChI=1S/C4H8N4O/c1-8(2)4(9)3-6-7-5/h3H2,1-2H3. The van der Waals surface area contributed by atoms with Crippen LogP contribution in [-0.4, -0.2) is 31.4 Å². The van der Waals surface area contributed by atoms with E-state index in [1.54, 1.807) is 14.1 Å².